The van der Waals surface area contributed by atoms with Crippen LogP contribution in [0.15, 0.2) is 0 Å². The fraction of sp³-hybridized carbons (Fsp3) is 1.00. The topological polar surface area (TPSA) is 45.5 Å². The van der Waals surface area contributed by atoms with Crippen molar-refractivity contribution in [2.45, 2.75) is 224 Å². The summed E-state index contributed by atoms with van der Waals surface area (Å²) in [5.41, 5.74) is 5.03. The number of nitrogens with two attached hydrogens (primary N) is 1. The maximum Gasteiger partial charge on any atom is -0.00183 e. The predicted octanol–water partition coefficient (Wildman–Crippen LogP) is 13.4. The second-order valence-corrected chi connectivity index (χ2v) is 18.1. The van der Waals surface area contributed by atoms with Gasteiger partial charge in [0.25, 0.3) is 0 Å². The molecule has 370 valence electrons. The van der Waals surface area contributed by atoms with Gasteiger partial charge in [-0.15, -0.1) is 0 Å². The Balaban J connectivity index is -0.000000195. The summed E-state index contributed by atoms with van der Waals surface area (Å²) < 4.78 is 0. The number of hydrogen-bond donors (Lipinski definition) is 1. The lowest BCUT2D eigenvalue weighted by Crippen LogP contribution is -2.30. The fourth-order valence-electron chi connectivity index (χ4n) is 7.36. The minimum absolute atomic E-state index is 0. The lowest BCUT2D eigenvalue weighted by molar-refractivity contribution is 0.224. The van der Waals surface area contributed by atoms with Crippen LogP contribution in [0.25, 0.3) is 0 Å². The van der Waals surface area contributed by atoms with Gasteiger partial charge in [-0.2, -0.15) is 0 Å². The summed E-state index contributed by atoms with van der Waals surface area (Å²) in [7, 11) is 8.39. The first kappa shape index (κ1) is 68.8. The normalized spacial score (nSPS) is 16.8. The molecule has 0 radical (unpaired) electrons. The van der Waals surface area contributed by atoms with Crippen LogP contribution in [0.1, 0.15) is 224 Å². The maximum atomic E-state index is 5.03. The minimum Gasteiger partial charge on any atom is -0.330 e. The standard InChI is InChI=1S/C10H21N.2C8H17N.C7H15N.C6H15N.C5H13N.C5H12.C3H9N.CH4/c1-2-3-5-8-11-9-6-4-7-10-11;2*1-2-6-9-7-4-3-5-8-9;1-2-5-8-6-3-4-7-8;1-4-5-6-7(2)3;1-4-5-6(2)3;1-3-5-4-2;1-2-3-4;/h2-10H2,1H3;2*2-8H2,1H3;2-7H2,1H3;4-6H2,1-3H3;4-5H2,1-3H3;3-5H2,1-2H3;2-4H2,1H3;1H4. The van der Waals surface area contributed by atoms with Crippen molar-refractivity contribution in [3.05, 3.63) is 0 Å². The average molecular weight is 859 g/mol. The molecule has 4 rings (SSSR count). The molecule has 4 aliphatic rings. The van der Waals surface area contributed by atoms with E-state index in [4.69, 9.17) is 5.73 Å². The van der Waals surface area contributed by atoms with E-state index >= 15 is 0 Å². The zero-order valence-electron chi connectivity index (χ0n) is 43.8. The molecule has 0 spiro atoms. The van der Waals surface area contributed by atoms with Crippen LogP contribution in [0.3, 0.4) is 0 Å². The molecule has 7 heteroatoms. The van der Waals surface area contributed by atoms with Gasteiger partial charge in [0.15, 0.2) is 0 Å². The highest BCUT2D eigenvalue weighted by molar-refractivity contribution is 4.66. The van der Waals surface area contributed by atoms with Gasteiger partial charge in [-0.25, -0.2) is 0 Å². The van der Waals surface area contributed by atoms with Crippen molar-refractivity contribution in [2.75, 3.05) is 126 Å². The van der Waals surface area contributed by atoms with E-state index in [-0.39, 0.29) is 7.43 Å². The molecular formula is C53H123N7. The maximum absolute atomic E-state index is 5.03. The second-order valence-electron chi connectivity index (χ2n) is 18.1. The Kier molecular flexibility index (Phi) is 69.7. The third-order valence-electron chi connectivity index (χ3n) is 10.9. The molecule has 0 aromatic carbocycles. The largest absolute Gasteiger partial charge is 0.330 e. The van der Waals surface area contributed by atoms with Gasteiger partial charge in [-0.1, -0.05) is 128 Å². The molecule has 0 aromatic rings. The Morgan fingerprint density at radius 3 is 0.783 bits per heavy atom. The third-order valence-corrected chi connectivity index (χ3v) is 10.9. The molecule has 2 N–H and O–H groups in total. The molecule has 7 nitrogen and oxygen atoms in total. The van der Waals surface area contributed by atoms with Gasteiger partial charge in [0.05, 0.1) is 0 Å². The fourth-order valence-corrected chi connectivity index (χ4v) is 7.36. The van der Waals surface area contributed by atoms with Crippen LogP contribution in [-0.2, 0) is 0 Å². The zero-order chi connectivity index (χ0) is 45.0. The molecule has 4 aliphatic heterocycles. The third kappa shape index (κ3) is 62.0. The molecule has 0 atom stereocenters. The van der Waals surface area contributed by atoms with Crippen molar-refractivity contribution in [1.82, 2.24) is 29.4 Å². The molecule has 0 amide bonds. The second kappa shape index (κ2) is 60.8. The summed E-state index contributed by atoms with van der Waals surface area (Å²) in [6.45, 7) is 39.3. The highest BCUT2D eigenvalue weighted by Crippen LogP contribution is 2.11. The quantitative estimate of drug-likeness (QED) is 0.138. The van der Waals surface area contributed by atoms with E-state index in [0.29, 0.717) is 0 Å². The summed E-state index contributed by atoms with van der Waals surface area (Å²) in [4.78, 5) is 14.7. The van der Waals surface area contributed by atoms with Crippen LogP contribution in [0.5, 0.6) is 0 Å². The molecule has 0 bridgehead atoms. The number of nitrogens with zero attached hydrogens (tertiary/aromatic N) is 6. The van der Waals surface area contributed by atoms with Gasteiger partial charge in [0.1, 0.15) is 0 Å². The van der Waals surface area contributed by atoms with Gasteiger partial charge in [0, 0.05) is 0 Å². The van der Waals surface area contributed by atoms with Crippen LogP contribution in [0, 0.1) is 0 Å². The van der Waals surface area contributed by atoms with E-state index < -0.39 is 0 Å². The number of rotatable bonds is 18. The van der Waals surface area contributed by atoms with Crippen molar-refractivity contribution in [3.63, 3.8) is 0 Å². The van der Waals surface area contributed by atoms with Gasteiger partial charge in [0.2, 0.25) is 0 Å². The van der Waals surface area contributed by atoms with Crippen LogP contribution in [0.4, 0.5) is 0 Å². The summed E-state index contributed by atoms with van der Waals surface area (Å²) in [5.74, 6) is 0. The SMILES string of the molecule is C.CCCCC.CCCCCN1CCCCC1.CCCCN(C)C.CCCN.CCCN(C)C.CCCN1CCCC1.CCCN1CCCCC1.CCCN1CCCCC1. The van der Waals surface area contributed by atoms with E-state index in [1.165, 1.54) is 239 Å². The Bertz CT molecular complexity index is 639. The lowest BCUT2D eigenvalue weighted by atomic mass is 10.1. The van der Waals surface area contributed by atoms with Crippen LogP contribution in [-0.4, -0.2) is 156 Å². The van der Waals surface area contributed by atoms with E-state index in [1.807, 2.05) is 0 Å². The molecule has 60 heavy (non-hydrogen) atoms. The van der Waals surface area contributed by atoms with E-state index in [9.17, 15) is 0 Å². The van der Waals surface area contributed by atoms with Crippen molar-refractivity contribution < 1.29 is 0 Å². The summed E-state index contributed by atoms with van der Waals surface area (Å²) >= 11 is 0. The Hall–Kier alpha value is -0.280. The van der Waals surface area contributed by atoms with Crippen LogP contribution < -0.4 is 5.73 Å². The van der Waals surface area contributed by atoms with Crippen molar-refractivity contribution in [1.29, 1.82) is 0 Å². The van der Waals surface area contributed by atoms with Gasteiger partial charge in [-0.05, 0) is 223 Å². The number of piperidine rings is 3. The van der Waals surface area contributed by atoms with E-state index in [1.54, 1.807) is 0 Å². The van der Waals surface area contributed by atoms with E-state index in [0.717, 1.165) is 13.0 Å². The van der Waals surface area contributed by atoms with Crippen molar-refractivity contribution in [3.8, 4) is 0 Å². The smallest absolute Gasteiger partial charge is 0.00183 e. The van der Waals surface area contributed by atoms with Crippen molar-refractivity contribution >= 4 is 0 Å². The summed E-state index contributed by atoms with van der Waals surface area (Å²) in [6, 6.07) is 0. The molecule has 0 aromatic heterocycles. The molecule has 4 saturated heterocycles. The number of likely N-dealkylation sites (tertiary alicyclic amines) is 4. The molecule has 0 aliphatic carbocycles. The molecular weight excluding hydrogens is 735 g/mol. The predicted molar refractivity (Wildman–Crippen MR) is 281 cm³/mol. The van der Waals surface area contributed by atoms with Crippen molar-refractivity contribution in [2.24, 2.45) is 5.73 Å². The first-order chi connectivity index (χ1) is 28.6. The Morgan fingerprint density at radius 2 is 0.600 bits per heavy atom. The summed E-state index contributed by atoms with van der Waals surface area (Å²) in [6.07, 6.45) is 33.0. The minimum atomic E-state index is 0. The van der Waals surface area contributed by atoms with Gasteiger partial charge in [-0.3, -0.25) is 0 Å². The average Bonchev–Trinajstić information content (AvgIpc) is 3.77. The Labute approximate surface area is 384 Å². The molecule has 4 fully saturated rings. The highest BCUT2D eigenvalue weighted by atomic mass is 15.1. The molecule has 0 saturated carbocycles. The first-order valence-electron chi connectivity index (χ1n) is 26.5. The zero-order valence-corrected chi connectivity index (χ0v) is 43.8. The van der Waals surface area contributed by atoms with E-state index in [2.05, 4.69) is 120 Å². The van der Waals surface area contributed by atoms with Gasteiger partial charge < -0.3 is 35.1 Å². The van der Waals surface area contributed by atoms with Gasteiger partial charge >= 0.3 is 0 Å². The van der Waals surface area contributed by atoms with Crippen LogP contribution in [0.2, 0.25) is 0 Å². The monoisotopic (exact) mass is 858 g/mol. The molecule has 4 heterocycles. The first-order valence-corrected chi connectivity index (χ1v) is 26.5. The lowest BCUT2D eigenvalue weighted by Gasteiger charge is -2.26. The summed E-state index contributed by atoms with van der Waals surface area (Å²) in [5, 5.41) is 0. The van der Waals surface area contributed by atoms with Crippen LogP contribution >= 0.6 is 0 Å². The number of hydrogen-bond acceptors (Lipinski definition) is 7. The number of unbranched alkanes of at least 4 members (excludes halogenated alkanes) is 5. The highest BCUT2D eigenvalue weighted by Gasteiger charge is 2.10. The Morgan fingerprint density at radius 1 is 0.317 bits per heavy atom. The molecule has 0 unspecified atom stereocenters.